The van der Waals surface area contributed by atoms with Crippen molar-refractivity contribution < 1.29 is 0 Å². The van der Waals surface area contributed by atoms with Crippen molar-refractivity contribution in [1.82, 2.24) is 20.0 Å². The largest absolute Gasteiger partial charge is 0.308 e. The highest BCUT2D eigenvalue weighted by atomic mass is 15.3. The van der Waals surface area contributed by atoms with Gasteiger partial charge in [-0.15, -0.1) is 0 Å². The highest BCUT2D eigenvalue weighted by Gasteiger charge is 2.37. The van der Waals surface area contributed by atoms with Gasteiger partial charge in [0.1, 0.15) is 0 Å². The summed E-state index contributed by atoms with van der Waals surface area (Å²) in [6.07, 6.45) is 4.21. The summed E-state index contributed by atoms with van der Waals surface area (Å²) in [4.78, 5) is 7.87. The highest BCUT2D eigenvalue weighted by molar-refractivity contribution is 4.94. The first-order valence-corrected chi connectivity index (χ1v) is 10.6. The van der Waals surface area contributed by atoms with E-state index in [2.05, 4.69) is 61.6 Å². The van der Waals surface area contributed by atoms with Gasteiger partial charge in [0.2, 0.25) is 0 Å². The second kappa shape index (κ2) is 9.56. The van der Waals surface area contributed by atoms with E-state index in [0.717, 1.165) is 18.0 Å². The molecule has 27 heavy (non-hydrogen) atoms. The Balaban J connectivity index is 0.000000252. The lowest BCUT2D eigenvalue weighted by atomic mass is 9.83. The molecular formula is C23H50N4. The molecule has 162 valence electrons. The summed E-state index contributed by atoms with van der Waals surface area (Å²) < 4.78 is 0. The number of nitrogens with zero attached hydrogens (tertiary/aromatic N) is 3. The predicted octanol–water partition coefficient (Wildman–Crippen LogP) is 3.92. The molecule has 0 aromatic heterocycles. The lowest BCUT2D eigenvalue weighted by Crippen LogP contribution is -2.59. The molecule has 5 aliphatic heterocycles. The summed E-state index contributed by atoms with van der Waals surface area (Å²) in [5.74, 6) is 0.948. The van der Waals surface area contributed by atoms with Crippen molar-refractivity contribution >= 4 is 0 Å². The van der Waals surface area contributed by atoms with Crippen LogP contribution < -0.4 is 5.32 Å². The predicted molar refractivity (Wildman–Crippen MR) is 121 cm³/mol. The summed E-state index contributed by atoms with van der Waals surface area (Å²) in [7, 11) is 0. The smallest absolute Gasteiger partial charge is 0.0241 e. The van der Waals surface area contributed by atoms with E-state index in [9.17, 15) is 0 Å². The van der Waals surface area contributed by atoms with Crippen molar-refractivity contribution in [2.24, 2.45) is 5.92 Å². The Bertz CT molecular complexity index is 429. The van der Waals surface area contributed by atoms with E-state index in [1.165, 1.54) is 65.1 Å². The van der Waals surface area contributed by atoms with E-state index in [0.29, 0.717) is 5.54 Å². The fourth-order valence-corrected chi connectivity index (χ4v) is 5.27. The monoisotopic (exact) mass is 382 g/mol. The molecule has 5 rings (SSSR count). The van der Waals surface area contributed by atoms with Crippen LogP contribution in [0, 0.1) is 5.92 Å². The van der Waals surface area contributed by atoms with Crippen LogP contribution in [0.25, 0.3) is 0 Å². The summed E-state index contributed by atoms with van der Waals surface area (Å²) in [6.45, 7) is 23.0. The number of nitrogens with one attached hydrogen (secondary N) is 1. The molecular weight excluding hydrogens is 332 g/mol. The van der Waals surface area contributed by atoms with Gasteiger partial charge in [-0.1, -0.05) is 14.9 Å². The average Bonchev–Trinajstić information content (AvgIpc) is 2.86. The number of piperidine rings is 3. The number of hydrogen-bond acceptors (Lipinski definition) is 4. The van der Waals surface area contributed by atoms with Crippen LogP contribution in [0.1, 0.15) is 75.7 Å². The number of rotatable bonds is 1. The van der Waals surface area contributed by atoms with Crippen LogP contribution in [-0.4, -0.2) is 83.7 Å². The molecule has 0 amide bonds. The van der Waals surface area contributed by atoms with E-state index >= 15 is 0 Å². The minimum atomic E-state index is 0. The van der Waals surface area contributed by atoms with Crippen LogP contribution in [-0.2, 0) is 0 Å². The molecule has 3 unspecified atom stereocenters. The molecule has 4 heteroatoms. The Kier molecular flexibility index (Phi) is 8.81. The summed E-state index contributed by atoms with van der Waals surface area (Å²) in [5, 5.41) is 3.75. The lowest BCUT2D eigenvalue weighted by molar-refractivity contribution is 0.0508. The van der Waals surface area contributed by atoms with Gasteiger partial charge < -0.3 is 15.1 Å². The van der Waals surface area contributed by atoms with Gasteiger partial charge in [0.05, 0.1) is 0 Å². The van der Waals surface area contributed by atoms with E-state index < -0.39 is 0 Å². The third-order valence-corrected chi connectivity index (χ3v) is 6.48. The van der Waals surface area contributed by atoms with Crippen molar-refractivity contribution in [3.05, 3.63) is 0 Å². The summed E-state index contributed by atoms with van der Waals surface area (Å²) >= 11 is 0. The minimum absolute atomic E-state index is 0. The topological polar surface area (TPSA) is 21.8 Å². The second-order valence-corrected chi connectivity index (χ2v) is 10.7. The Labute approximate surface area is 171 Å². The van der Waals surface area contributed by atoms with E-state index in [1.807, 2.05) is 0 Å². The lowest BCUT2D eigenvalue weighted by Gasteiger charge is -2.47. The molecule has 5 saturated heterocycles. The zero-order valence-electron chi connectivity index (χ0n) is 17.6. The van der Waals surface area contributed by atoms with Gasteiger partial charge in [-0.3, -0.25) is 4.90 Å². The van der Waals surface area contributed by atoms with Crippen molar-refractivity contribution in [2.45, 2.75) is 98.8 Å². The first-order chi connectivity index (χ1) is 11.6. The van der Waals surface area contributed by atoms with Gasteiger partial charge in [0, 0.05) is 49.3 Å². The van der Waals surface area contributed by atoms with Gasteiger partial charge in [-0.25, -0.2) is 0 Å². The zero-order chi connectivity index (χ0) is 18.2. The zero-order valence-corrected chi connectivity index (χ0v) is 17.6. The van der Waals surface area contributed by atoms with Crippen molar-refractivity contribution in [2.75, 3.05) is 45.8 Å². The van der Waals surface area contributed by atoms with E-state index in [4.69, 9.17) is 0 Å². The molecule has 5 aliphatic rings. The normalized spacial score (nSPS) is 35.6. The fraction of sp³-hybridized carbons (Fsp3) is 1.00. The van der Waals surface area contributed by atoms with Gasteiger partial charge in [0.25, 0.3) is 0 Å². The SMILES string of the molecule is C.C.CC(C)(C)N1CCN2CCC1C2.CC(C)(C)NC1CN2CCC1CC2. The minimum Gasteiger partial charge on any atom is -0.308 e. The molecule has 4 nitrogen and oxygen atoms in total. The molecule has 5 fully saturated rings. The number of piperazine rings is 1. The third-order valence-electron chi connectivity index (χ3n) is 6.48. The quantitative estimate of drug-likeness (QED) is 0.742. The van der Waals surface area contributed by atoms with Gasteiger partial charge in [-0.05, 0) is 86.4 Å². The van der Waals surface area contributed by atoms with E-state index in [-0.39, 0.29) is 20.4 Å². The summed E-state index contributed by atoms with van der Waals surface area (Å²) in [5.41, 5.74) is 0.657. The average molecular weight is 383 g/mol. The molecule has 0 aliphatic carbocycles. The van der Waals surface area contributed by atoms with Gasteiger partial charge >= 0.3 is 0 Å². The molecule has 1 N–H and O–H groups in total. The Morgan fingerprint density at radius 2 is 1.26 bits per heavy atom. The Morgan fingerprint density at radius 3 is 1.74 bits per heavy atom. The van der Waals surface area contributed by atoms with E-state index in [1.54, 1.807) is 0 Å². The molecule has 5 heterocycles. The molecule has 0 radical (unpaired) electrons. The summed E-state index contributed by atoms with van der Waals surface area (Å²) in [6, 6.07) is 1.60. The fourth-order valence-electron chi connectivity index (χ4n) is 5.27. The molecule has 0 aromatic carbocycles. The van der Waals surface area contributed by atoms with Crippen LogP contribution in [0.5, 0.6) is 0 Å². The van der Waals surface area contributed by atoms with Crippen LogP contribution in [0.15, 0.2) is 0 Å². The van der Waals surface area contributed by atoms with Crippen LogP contribution in [0.2, 0.25) is 0 Å². The standard InChI is InChI=1S/C11H22N2.C10H20N2.2CH4/c1-11(2,3)12-10-8-13-6-4-9(10)5-7-13;1-10(2,3)12-7-6-11-5-4-9(12)8-11;;/h9-10,12H,4-8H2,1-3H3;9H,4-8H2,1-3H3;2*1H4. The van der Waals surface area contributed by atoms with Crippen LogP contribution >= 0.6 is 0 Å². The third kappa shape index (κ3) is 6.69. The maximum atomic E-state index is 3.75. The molecule has 4 bridgehead atoms. The molecule has 3 atom stereocenters. The van der Waals surface area contributed by atoms with Gasteiger partial charge in [0.15, 0.2) is 0 Å². The van der Waals surface area contributed by atoms with Crippen molar-refractivity contribution in [3.63, 3.8) is 0 Å². The van der Waals surface area contributed by atoms with Crippen LogP contribution in [0.3, 0.4) is 0 Å². The molecule has 0 saturated carbocycles. The molecule has 0 spiro atoms. The number of fused-ring (bicyclic) bond motifs is 5. The number of hydrogen-bond donors (Lipinski definition) is 1. The van der Waals surface area contributed by atoms with Gasteiger partial charge in [-0.2, -0.15) is 0 Å². The first kappa shape index (κ1) is 24.9. The van der Waals surface area contributed by atoms with Crippen molar-refractivity contribution in [1.29, 1.82) is 0 Å². The van der Waals surface area contributed by atoms with Crippen LogP contribution in [0.4, 0.5) is 0 Å². The highest BCUT2D eigenvalue weighted by Crippen LogP contribution is 2.29. The maximum absolute atomic E-state index is 3.75. The van der Waals surface area contributed by atoms with Crippen molar-refractivity contribution in [3.8, 4) is 0 Å². The Hall–Kier alpha value is -0.160. The first-order valence-electron chi connectivity index (χ1n) is 10.6. The second-order valence-electron chi connectivity index (χ2n) is 10.7. The maximum Gasteiger partial charge on any atom is 0.0241 e. The molecule has 0 aromatic rings. The Morgan fingerprint density at radius 1 is 0.704 bits per heavy atom.